The zero-order valence-corrected chi connectivity index (χ0v) is 14.5. The Morgan fingerprint density at radius 1 is 1.04 bits per heavy atom. The molecule has 0 unspecified atom stereocenters. The normalized spacial score (nSPS) is 11.2. The van der Waals surface area contributed by atoms with Crippen molar-refractivity contribution in [2.45, 2.75) is 26.2 Å². The molecule has 24 heavy (non-hydrogen) atoms. The number of fused-ring (bicyclic) bond motifs is 1. The summed E-state index contributed by atoms with van der Waals surface area (Å²) in [4.78, 5) is 9.04. The van der Waals surface area contributed by atoms with E-state index in [0.29, 0.717) is 0 Å². The molecule has 4 aromatic rings. The summed E-state index contributed by atoms with van der Waals surface area (Å²) >= 11 is 1.73. The van der Waals surface area contributed by atoms with Crippen LogP contribution in [-0.2, 0) is 6.42 Å². The first-order valence-electron chi connectivity index (χ1n) is 8.32. The Morgan fingerprint density at radius 2 is 1.88 bits per heavy atom. The van der Waals surface area contributed by atoms with Crippen molar-refractivity contribution in [3.05, 3.63) is 65.1 Å². The van der Waals surface area contributed by atoms with Crippen molar-refractivity contribution < 1.29 is 0 Å². The third kappa shape index (κ3) is 2.53. The summed E-state index contributed by atoms with van der Waals surface area (Å²) < 4.78 is 2.21. The van der Waals surface area contributed by atoms with Crippen LogP contribution in [0.3, 0.4) is 0 Å². The molecule has 0 N–H and O–H groups in total. The SMILES string of the molecule is CCCCc1c(-c2ccsc2)n(-c2ncccn2)c2ccccc12. The highest BCUT2D eigenvalue weighted by Crippen LogP contribution is 2.37. The van der Waals surface area contributed by atoms with E-state index in [9.17, 15) is 0 Å². The molecule has 0 aliphatic heterocycles. The molecule has 0 fully saturated rings. The predicted octanol–water partition coefficient (Wildman–Crippen LogP) is 5.49. The number of para-hydroxylation sites is 1. The van der Waals surface area contributed by atoms with Crippen LogP contribution in [0.5, 0.6) is 0 Å². The standard InChI is InChI=1S/C20H19N3S/c1-2-3-7-17-16-8-4-5-9-18(16)23(20-21-11-6-12-22-20)19(17)15-10-13-24-14-15/h4-6,8-14H,2-3,7H2,1H3. The Morgan fingerprint density at radius 3 is 2.62 bits per heavy atom. The molecule has 0 bridgehead atoms. The van der Waals surface area contributed by atoms with Crippen LogP contribution >= 0.6 is 11.3 Å². The molecule has 0 aliphatic carbocycles. The molecule has 3 heterocycles. The van der Waals surface area contributed by atoms with Crippen LogP contribution in [0, 0.1) is 0 Å². The number of aromatic nitrogens is 3. The minimum atomic E-state index is 0.734. The molecule has 4 heteroatoms. The first kappa shape index (κ1) is 15.1. The predicted molar refractivity (Wildman–Crippen MR) is 101 cm³/mol. The summed E-state index contributed by atoms with van der Waals surface area (Å²) in [6, 6.07) is 12.6. The van der Waals surface area contributed by atoms with Crippen LogP contribution < -0.4 is 0 Å². The summed E-state index contributed by atoms with van der Waals surface area (Å²) in [5.41, 5.74) is 5.06. The third-order valence-electron chi connectivity index (χ3n) is 4.31. The second kappa shape index (κ2) is 6.57. The van der Waals surface area contributed by atoms with E-state index in [4.69, 9.17) is 0 Å². The van der Waals surface area contributed by atoms with Crippen LogP contribution in [0.4, 0.5) is 0 Å². The third-order valence-corrected chi connectivity index (χ3v) is 4.99. The maximum absolute atomic E-state index is 4.52. The Balaban J connectivity index is 2.07. The largest absolute Gasteiger partial charge is 0.278 e. The molecule has 0 aliphatic rings. The lowest BCUT2D eigenvalue weighted by atomic mass is 10.0. The van der Waals surface area contributed by atoms with Crippen LogP contribution in [0.1, 0.15) is 25.3 Å². The average molecular weight is 333 g/mol. The van der Waals surface area contributed by atoms with Gasteiger partial charge >= 0.3 is 0 Å². The fraction of sp³-hybridized carbons (Fsp3) is 0.200. The fourth-order valence-corrected chi connectivity index (χ4v) is 3.87. The quantitative estimate of drug-likeness (QED) is 0.483. The molecule has 3 nitrogen and oxygen atoms in total. The van der Waals surface area contributed by atoms with Crippen molar-refractivity contribution in [3.8, 4) is 17.2 Å². The molecule has 0 atom stereocenters. The first-order valence-corrected chi connectivity index (χ1v) is 9.26. The summed E-state index contributed by atoms with van der Waals surface area (Å²) in [6.45, 7) is 2.24. The van der Waals surface area contributed by atoms with Gasteiger partial charge in [-0.15, -0.1) is 0 Å². The molecule has 0 saturated heterocycles. The van der Waals surface area contributed by atoms with Gasteiger partial charge in [0.1, 0.15) is 0 Å². The highest BCUT2D eigenvalue weighted by atomic mass is 32.1. The van der Waals surface area contributed by atoms with Crippen LogP contribution in [-0.4, -0.2) is 14.5 Å². The van der Waals surface area contributed by atoms with Crippen molar-refractivity contribution in [1.82, 2.24) is 14.5 Å². The van der Waals surface area contributed by atoms with Gasteiger partial charge in [-0.2, -0.15) is 11.3 Å². The molecule has 4 rings (SSSR count). The lowest BCUT2D eigenvalue weighted by molar-refractivity contribution is 0.797. The van der Waals surface area contributed by atoms with E-state index in [1.54, 1.807) is 23.7 Å². The van der Waals surface area contributed by atoms with E-state index < -0.39 is 0 Å². The van der Waals surface area contributed by atoms with Gasteiger partial charge in [-0.1, -0.05) is 31.5 Å². The fourth-order valence-electron chi connectivity index (χ4n) is 3.23. The van der Waals surface area contributed by atoms with Gasteiger partial charge in [-0.25, -0.2) is 9.97 Å². The van der Waals surface area contributed by atoms with Crippen molar-refractivity contribution in [2.24, 2.45) is 0 Å². The molecule has 0 spiro atoms. The molecule has 1 aromatic carbocycles. The van der Waals surface area contributed by atoms with Gasteiger partial charge in [-0.05, 0) is 42.0 Å². The van der Waals surface area contributed by atoms with Gasteiger partial charge in [0.15, 0.2) is 0 Å². The van der Waals surface area contributed by atoms with E-state index in [0.717, 1.165) is 12.4 Å². The summed E-state index contributed by atoms with van der Waals surface area (Å²) in [5.74, 6) is 0.734. The second-order valence-electron chi connectivity index (χ2n) is 5.84. The van der Waals surface area contributed by atoms with Gasteiger partial charge in [0.25, 0.3) is 0 Å². The highest BCUT2D eigenvalue weighted by molar-refractivity contribution is 7.08. The number of unbranched alkanes of at least 4 members (excludes halogenated alkanes) is 1. The molecule has 0 radical (unpaired) electrons. The van der Waals surface area contributed by atoms with Crippen molar-refractivity contribution in [3.63, 3.8) is 0 Å². The summed E-state index contributed by atoms with van der Waals surface area (Å²) in [5, 5.41) is 5.65. The van der Waals surface area contributed by atoms with Crippen LogP contribution in [0.15, 0.2) is 59.6 Å². The number of hydrogen-bond acceptors (Lipinski definition) is 3. The number of hydrogen-bond donors (Lipinski definition) is 0. The van der Waals surface area contributed by atoms with E-state index in [-0.39, 0.29) is 0 Å². The number of rotatable bonds is 5. The van der Waals surface area contributed by atoms with Crippen molar-refractivity contribution in [2.75, 3.05) is 0 Å². The van der Waals surface area contributed by atoms with E-state index >= 15 is 0 Å². The summed E-state index contributed by atoms with van der Waals surface area (Å²) in [7, 11) is 0. The maximum atomic E-state index is 4.52. The zero-order valence-electron chi connectivity index (χ0n) is 13.6. The smallest absolute Gasteiger partial charge is 0.234 e. The molecular weight excluding hydrogens is 314 g/mol. The molecule has 0 saturated carbocycles. The van der Waals surface area contributed by atoms with Gasteiger partial charge in [0.2, 0.25) is 5.95 Å². The van der Waals surface area contributed by atoms with E-state index in [2.05, 4.69) is 62.6 Å². The van der Waals surface area contributed by atoms with Gasteiger partial charge in [0, 0.05) is 28.7 Å². The van der Waals surface area contributed by atoms with Gasteiger partial charge < -0.3 is 0 Å². The molecule has 3 aromatic heterocycles. The average Bonchev–Trinajstić information content (AvgIpc) is 3.26. The van der Waals surface area contributed by atoms with Crippen LogP contribution in [0.2, 0.25) is 0 Å². The lowest BCUT2D eigenvalue weighted by Crippen LogP contribution is -2.02. The first-order chi connectivity index (χ1) is 11.9. The lowest BCUT2D eigenvalue weighted by Gasteiger charge is -2.09. The number of nitrogens with zero attached hydrogens (tertiary/aromatic N) is 3. The number of aryl methyl sites for hydroxylation is 1. The van der Waals surface area contributed by atoms with Gasteiger partial charge in [-0.3, -0.25) is 4.57 Å². The van der Waals surface area contributed by atoms with Crippen LogP contribution in [0.25, 0.3) is 28.1 Å². The number of benzene rings is 1. The van der Waals surface area contributed by atoms with E-state index in [1.807, 2.05) is 6.07 Å². The minimum absolute atomic E-state index is 0.734. The molecule has 0 amide bonds. The van der Waals surface area contributed by atoms with Gasteiger partial charge in [0.05, 0.1) is 11.2 Å². The Kier molecular flexibility index (Phi) is 4.13. The Hall–Kier alpha value is -2.46. The minimum Gasteiger partial charge on any atom is -0.278 e. The number of thiophene rings is 1. The molecular formula is C20H19N3S. The Labute approximate surface area is 145 Å². The topological polar surface area (TPSA) is 30.7 Å². The van der Waals surface area contributed by atoms with Crippen molar-refractivity contribution >= 4 is 22.2 Å². The highest BCUT2D eigenvalue weighted by Gasteiger charge is 2.20. The monoisotopic (exact) mass is 333 g/mol. The van der Waals surface area contributed by atoms with E-state index in [1.165, 1.54) is 40.6 Å². The summed E-state index contributed by atoms with van der Waals surface area (Å²) in [6.07, 6.45) is 7.05. The zero-order chi connectivity index (χ0) is 16.4. The van der Waals surface area contributed by atoms with Crippen molar-refractivity contribution in [1.29, 1.82) is 0 Å². The molecule has 120 valence electrons. The second-order valence-corrected chi connectivity index (χ2v) is 6.62. The maximum Gasteiger partial charge on any atom is 0.234 e. The Bertz CT molecular complexity index is 940.